The van der Waals surface area contributed by atoms with Gasteiger partial charge in [-0.3, -0.25) is 0 Å². The van der Waals surface area contributed by atoms with Crippen molar-refractivity contribution < 1.29 is 16.8 Å². The van der Waals surface area contributed by atoms with Crippen LogP contribution in [0.25, 0.3) is 22.1 Å². The Labute approximate surface area is 213 Å². The Morgan fingerprint density at radius 2 is 1.53 bits per heavy atom. The van der Waals surface area contributed by atoms with Crippen molar-refractivity contribution in [1.29, 1.82) is 0 Å². The van der Waals surface area contributed by atoms with E-state index in [0.29, 0.717) is 0 Å². The van der Waals surface area contributed by atoms with Gasteiger partial charge in [0.25, 0.3) is 0 Å². The summed E-state index contributed by atoms with van der Waals surface area (Å²) in [7, 11) is 0. The van der Waals surface area contributed by atoms with E-state index >= 15 is 0 Å². The monoisotopic (exact) mass is 493 g/mol. The number of benzene rings is 1. The molecular formula is C32H47NTi. The van der Waals surface area contributed by atoms with Crippen LogP contribution in [0.4, 0.5) is 0 Å². The summed E-state index contributed by atoms with van der Waals surface area (Å²) in [5.41, 5.74) is 4.41. The molecule has 1 aromatic carbocycles. The summed E-state index contributed by atoms with van der Waals surface area (Å²) >= 11 is -2.33. The fourth-order valence-electron chi connectivity index (χ4n) is 5.90. The molecule has 0 atom stereocenters. The van der Waals surface area contributed by atoms with E-state index in [0.717, 1.165) is 6.04 Å². The summed E-state index contributed by atoms with van der Waals surface area (Å²) in [5.74, 6) is 0. The van der Waals surface area contributed by atoms with Crippen LogP contribution in [0.5, 0.6) is 0 Å². The van der Waals surface area contributed by atoms with Gasteiger partial charge >= 0.3 is 182 Å². The molecule has 4 rings (SSSR count). The Morgan fingerprint density at radius 3 is 2.09 bits per heavy atom. The Bertz CT molecular complexity index is 1030. The van der Waals surface area contributed by atoms with Crippen LogP contribution in [-0.2, 0) is 16.8 Å². The van der Waals surface area contributed by atoms with E-state index in [1.54, 1.807) is 9.95 Å². The van der Waals surface area contributed by atoms with Crippen LogP contribution < -0.4 is 14.2 Å². The zero-order valence-electron chi connectivity index (χ0n) is 22.3. The molecule has 3 aliphatic rings. The summed E-state index contributed by atoms with van der Waals surface area (Å²) in [4.78, 5) is 0. The van der Waals surface area contributed by atoms with Gasteiger partial charge in [-0.25, -0.2) is 0 Å². The molecule has 1 saturated carbocycles. The second-order valence-corrected chi connectivity index (χ2v) is 17.1. The van der Waals surface area contributed by atoms with Gasteiger partial charge in [0, 0.05) is 0 Å². The first kappa shape index (κ1) is 27.2. The molecule has 1 nitrogen and oxygen atoms in total. The number of nitrogens with one attached hydrogen (secondary N) is 1. The average Bonchev–Trinajstić information content (AvgIpc) is 3.37. The van der Waals surface area contributed by atoms with Crippen molar-refractivity contribution in [3.63, 3.8) is 0 Å². The molecule has 0 aromatic heterocycles. The third-order valence-electron chi connectivity index (χ3n) is 7.47. The van der Waals surface area contributed by atoms with Crippen LogP contribution in [0.2, 0.25) is 10.5 Å². The minimum atomic E-state index is -2.33. The van der Waals surface area contributed by atoms with Gasteiger partial charge < -0.3 is 0 Å². The zero-order chi connectivity index (χ0) is 24.4. The predicted octanol–water partition coefficient (Wildman–Crippen LogP) is 8.20. The molecular weight excluding hydrogens is 446 g/mol. The fraction of sp³-hybridized carbons (Fsp3) is 0.500. The zero-order valence-corrected chi connectivity index (χ0v) is 23.8. The average molecular weight is 494 g/mol. The van der Waals surface area contributed by atoms with Crippen molar-refractivity contribution in [2.45, 2.75) is 101 Å². The van der Waals surface area contributed by atoms with Crippen LogP contribution in [0.1, 0.15) is 95.6 Å². The summed E-state index contributed by atoms with van der Waals surface area (Å²) < 4.78 is 6.00. The quantitative estimate of drug-likeness (QED) is 0.329. The normalized spacial score (nSPS) is 19.3. The maximum atomic E-state index is 4.31. The Kier molecular flexibility index (Phi) is 10.9. The Morgan fingerprint density at radius 1 is 0.912 bits per heavy atom. The second kappa shape index (κ2) is 13.6. The molecule has 0 heterocycles. The second-order valence-electron chi connectivity index (χ2n) is 10.8. The predicted molar refractivity (Wildman–Crippen MR) is 151 cm³/mol. The molecule has 0 unspecified atom stereocenters. The summed E-state index contributed by atoms with van der Waals surface area (Å²) in [6.07, 6.45) is 30.4. The van der Waals surface area contributed by atoms with Gasteiger partial charge in [-0.2, -0.15) is 0 Å². The van der Waals surface area contributed by atoms with Crippen molar-refractivity contribution in [2.75, 3.05) is 0 Å². The van der Waals surface area contributed by atoms with Crippen LogP contribution in [0.15, 0.2) is 48.6 Å². The van der Waals surface area contributed by atoms with Crippen LogP contribution >= 0.6 is 0 Å². The summed E-state index contributed by atoms with van der Waals surface area (Å²) in [5, 5.41) is 8.02. The molecule has 0 bridgehead atoms. The minimum absolute atomic E-state index is 0.719. The van der Waals surface area contributed by atoms with E-state index in [2.05, 4.69) is 64.2 Å². The first-order valence-electron chi connectivity index (χ1n) is 13.7. The van der Waals surface area contributed by atoms with Gasteiger partial charge in [0.15, 0.2) is 0 Å². The molecule has 184 valence electrons. The molecule has 34 heavy (non-hydrogen) atoms. The SMILES string of the molecule is C=CC=CC.CC1=[C]([Ti]([CH3])([CH3])[NH]C2CCCCCCCCCCC2)c2cc3c(cc2=C1)C=CC=3. The third kappa shape index (κ3) is 7.54. The van der Waals surface area contributed by atoms with Crippen molar-refractivity contribution in [3.8, 4) is 0 Å². The summed E-state index contributed by atoms with van der Waals surface area (Å²) in [6, 6.07) is 5.58. The van der Waals surface area contributed by atoms with E-state index in [-0.39, 0.29) is 0 Å². The molecule has 1 N–H and O–H groups in total. The van der Waals surface area contributed by atoms with Crippen molar-refractivity contribution in [1.82, 2.24) is 3.80 Å². The topological polar surface area (TPSA) is 12.0 Å². The van der Waals surface area contributed by atoms with Gasteiger partial charge in [0.2, 0.25) is 0 Å². The molecule has 3 aliphatic carbocycles. The molecule has 0 saturated heterocycles. The Hall–Kier alpha value is -1.41. The molecule has 0 amide bonds. The van der Waals surface area contributed by atoms with Crippen LogP contribution in [-0.4, -0.2) is 6.04 Å². The number of hydrogen-bond acceptors (Lipinski definition) is 1. The van der Waals surface area contributed by atoms with E-state index in [4.69, 9.17) is 0 Å². The number of hydrogen-bond donors (Lipinski definition) is 1. The molecule has 0 radical (unpaired) electrons. The number of fused-ring (bicyclic) bond motifs is 2. The van der Waals surface area contributed by atoms with E-state index < -0.39 is 16.8 Å². The molecule has 0 aliphatic heterocycles. The van der Waals surface area contributed by atoms with E-state index in [9.17, 15) is 0 Å². The first-order valence-corrected chi connectivity index (χ1v) is 18.4. The molecule has 1 fully saturated rings. The van der Waals surface area contributed by atoms with Gasteiger partial charge in [-0.15, -0.1) is 0 Å². The van der Waals surface area contributed by atoms with Gasteiger partial charge in [-0.05, 0) is 6.92 Å². The van der Waals surface area contributed by atoms with Gasteiger partial charge in [0.1, 0.15) is 0 Å². The van der Waals surface area contributed by atoms with Crippen LogP contribution in [0.3, 0.4) is 0 Å². The standard InChI is InChI=1S/C13H9.C12H24N.C5H8.2CH3.Ti/c1-9-5-12-7-10-3-2-4-11(10)8-13(12)6-9;13-12-10-8-6-4-2-1-3-5-7-9-11-12;1-3-5-4-2;;;/h2-5,7-8H,1H3;12-13H,1-11H2;3-5H,1H2,2H3;2*1H3;/q;-1;;;;+1. The molecule has 2 heteroatoms. The first-order chi connectivity index (χ1) is 16.5. The van der Waals surface area contributed by atoms with Crippen molar-refractivity contribution >= 4 is 22.1 Å². The third-order valence-corrected chi connectivity index (χ3v) is 12.2. The van der Waals surface area contributed by atoms with Gasteiger partial charge in [-0.1, -0.05) is 24.8 Å². The number of allylic oxidation sites excluding steroid dienone is 5. The molecule has 0 spiro atoms. The Balaban J connectivity index is 0.000000588. The van der Waals surface area contributed by atoms with E-state index in [1.165, 1.54) is 97.8 Å². The number of rotatable bonds is 4. The summed E-state index contributed by atoms with van der Waals surface area (Å²) in [6.45, 7) is 7.77. The van der Waals surface area contributed by atoms with Gasteiger partial charge in [0.05, 0.1) is 0 Å². The maximum absolute atomic E-state index is 4.31. The van der Waals surface area contributed by atoms with Crippen molar-refractivity contribution in [3.05, 3.63) is 70.2 Å². The molecule has 1 aromatic rings. The van der Waals surface area contributed by atoms with E-state index in [1.807, 2.05) is 19.1 Å². The fourth-order valence-corrected chi connectivity index (χ4v) is 11.2. The van der Waals surface area contributed by atoms with Crippen LogP contribution in [0, 0.1) is 0 Å². The van der Waals surface area contributed by atoms with Crippen molar-refractivity contribution in [2.24, 2.45) is 0 Å².